The molecule has 0 aliphatic rings. The largest absolute Gasteiger partial charge is 0.505 e. The van der Waals surface area contributed by atoms with Gasteiger partial charge >= 0.3 is 0 Å². The van der Waals surface area contributed by atoms with Crippen LogP contribution in [0.1, 0.15) is 85.4 Å². The zero-order chi connectivity index (χ0) is 67.3. The number of fused-ring (bicyclic) bond motifs is 3. The minimum Gasteiger partial charge on any atom is -0.505 e. The zero-order valence-corrected chi connectivity index (χ0v) is 53.4. The van der Waals surface area contributed by atoms with Crippen LogP contribution >= 0.6 is 11.3 Å². The molecule has 490 valence electrons. The van der Waals surface area contributed by atoms with Crippen molar-refractivity contribution in [2.45, 2.75) is 59.8 Å². The summed E-state index contributed by atoms with van der Waals surface area (Å²) < 4.78 is 48.8. The normalized spacial score (nSPS) is 11.1. The fraction of sp³-hybridized carbons (Fsp3) is 0.114. The van der Waals surface area contributed by atoms with E-state index in [0.29, 0.717) is 107 Å². The fourth-order valence-electron chi connectivity index (χ4n) is 11.5. The molecule has 7 aromatic heterocycles. The number of aromatic hydroxyl groups is 5. The van der Waals surface area contributed by atoms with Gasteiger partial charge in [-0.25, -0.2) is 43.1 Å². The summed E-state index contributed by atoms with van der Waals surface area (Å²) in [7, 11) is 0. The number of benzene rings is 8. The van der Waals surface area contributed by atoms with Gasteiger partial charge in [0.2, 0.25) is 17.6 Å². The van der Waals surface area contributed by atoms with E-state index in [1.165, 1.54) is 23.8 Å². The molecule has 15 nitrogen and oxygen atoms in total. The highest BCUT2D eigenvalue weighted by Crippen LogP contribution is 2.36. The molecule has 0 aliphatic carbocycles. The molecule has 0 fully saturated rings. The molecule has 15 rings (SSSR count). The third-order valence-electron chi connectivity index (χ3n) is 16.5. The number of phenols is 2. The SMILES string of the molecule is C.Cc1ccc(Cc2nc3c(Cc4ccccc4)nc(-c4cccc(N)c4F)cn3c2O)cc1.Cc1ccc(Cc2nc3c(Cc4ccccc4)nc(-c4cccc(O)c4F)cn3c2O)cc1.Oc1cccc(-c2cn3c(O)c(Cc4cccs4)nc3c(Cc3ccccc3)n2)c1F. The summed E-state index contributed by atoms with van der Waals surface area (Å²) in [6.07, 6.45) is 7.56. The van der Waals surface area contributed by atoms with Crippen LogP contribution in [0.15, 0.2) is 230 Å². The van der Waals surface area contributed by atoms with Crippen molar-refractivity contribution >= 4 is 34.0 Å². The molecular weight excluding hydrogens is 1260 g/mol. The molecule has 0 saturated heterocycles. The van der Waals surface area contributed by atoms with Crippen LogP contribution in [0, 0.1) is 31.3 Å². The van der Waals surface area contributed by atoms with E-state index in [2.05, 4.69) is 9.97 Å². The van der Waals surface area contributed by atoms with E-state index in [4.69, 9.17) is 25.7 Å². The second kappa shape index (κ2) is 28.9. The maximum absolute atomic E-state index is 14.8. The van der Waals surface area contributed by atoms with Gasteiger partial charge in [-0.15, -0.1) is 11.3 Å². The smallest absolute Gasteiger partial charge is 0.219 e. The van der Waals surface area contributed by atoms with Crippen molar-refractivity contribution in [2.75, 3.05) is 5.73 Å². The van der Waals surface area contributed by atoms with Gasteiger partial charge in [0.25, 0.3) is 0 Å². The fourth-order valence-corrected chi connectivity index (χ4v) is 12.2. The lowest BCUT2D eigenvalue weighted by atomic mass is 10.1. The Labute approximate surface area is 566 Å². The van der Waals surface area contributed by atoms with Crippen LogP contribution in [-0.2, 0) is 38.5 Å². The molecule has 15 aromatic rings. The highest BCUT2D eigenvalue weighted by Gasteiger charge is 2.24. The van der Waals surface area contributed by atoms with Crippen molar-refractivity contribution < 1.29 is 38.7 Å². The Morgan fingerprint density at radius 1 is 0.347 bits per heavy atom. The molecular formula is C79H67F3N10O5S. The number of anilines is 1. The lowest BCUT2D eigenvalue weighted by molar-refractivity contribution is 0.433. The first-order valence-electron chi connectivity index (χ1n) is 31.1. The molecule has 0 radical (unpaired) electrons. The van der Waals surface area contributed by atoms with Crippen molar-refractivity contribution in [1.82, 2.24) is 43.1 Å². The quantitative estimate of drug-likeness (QED) is 0.0529. The molecule has 0 unspecified atom stereocenters. The van der Waals surface area contributed by atoms with Gasteiger partial charge in [0.15, 0.2) is 45.9 Å². The number of halogens is 3. The van der Waals surface area contributed by atoms with Crippen molar-refractivity contribution in [3.8, 4) is 62.9 Å². The van der Waals surface area contributed by atoms with Crippen LogP contribution in [-0.4, -0.2) is 68.6 Å². The minimum absolute atomic E-state index is 0. The van der Waals surface area contributed by atoms with E-state index in [1.54, 1.807) is 79.5 Å². The number of imidazole rings is 3. The second-order valence-corrected chi connectivity index (χ2v) is 24.5. The topological polar surface area (TPSA) is 218 Å². The minimum atomic E-state index is -0.755. The van der Waals surface area contributed by atoms with Gasteiger partial charge in [0.05, 0.1) is 39.9 Å². The van der Waals surface area contributed by atoms with Crippen molar-refractivity contribution in [3.05, 3.63) is 326 Å². The predicted molar refractivity (Wildman–Crippen MR) is 377 cm³/mol. The average Bonchev–Trinajstić information content (AvgIpc) is 1.60. The monoisotopic (exact) mass is 1320 g/mol. The molecule has 0 amide bonds. The van der Waals surface area contributed by atoms with E-state index in [9.17, 15) is 38.7 Å². The maximum atomic E-state index is 14.8. The van der Waals surface area contributed by atoms with Crippen molar-refractivity contribution in [1.29, 1.82) is 0 Å². The molecule has 0 spiro atoms. The number of aryl methyl sites for hydroxylation is 2. The highest BCUT2D eigenvalue weighted by molar-refractivity contribution is 7.09. The predicted octanol–water partition coefficient (Wildman–Crippen LogP) is 16.6. The summed E-state index contributed by atoms with van der Waals surface area (Å²) in [6, 6.07) is 63.2. The standard InChI is InChI=1S/C27H23FN4O.C27H22FN3O2.C24H18FN3O2S.CH4/c1-17-10-12-19(13-11-17)15-23-27(33)32-16-24(20-8-5-9-21(29)25(20)28)30-22(26(32)31-23)14-18-6-3-2-4-7-18;1-17-10-12-19(13-11-17)15-22-27(33)31-16-23(20-8-5-9-24(32)25(20)28)29-21(26(31)30-22)14-18-6-3-2-4-7-18;25-22-17(9-4-10-21(22)29)20-14-28-23(18(26-20)12-15-6-2-1-3-7-15)27-19(24(28)30)13-16-8-5-11-31-16;/h2-13,16,33H,14-15,29H2,1H3;2-13,16,32-33H,14-15H2,1H3;1-11,14,29-30H,12-13H2;1H4. The van der Waals surface area contributed by atoms with E-state index < -0.39 is 29.0 Å². The molecule has 98 heavy (non-hydrogen) atoms. The van der Waals surface area contributed by atoms with Crippen LogP contribution in [0.3, 0.4) is 0 Å². The summed E-state index contributed by atoms with van der Waals surface area (Å²) in [5, 5.41) is 54.6. The Balaban J connectivity index is 0.000000139. The first-order chi connectivity index (χ1) is 47.1. The Kier molecular flexibility index (Phi) is 19.4. The number of thiophene rings is 1. The number of hydrogen-bond donors (Lipinski definition) is 6. The molecule has 0 bridgehead atoms. The van der Waals surface area contributed by atoms with E-state index in [-0.39, 0.29) is 47.4 Å². The number of nitrogens with two attached hydrogens (primary N) is 1. The number of phenolic OH excluding ortho intramolecular Hbond substituents is 2. The van der Waals surface area contributed by atoms with E-state index in [1.807, 2.05) is 171 Å². The summed E-state index contributed by atoms with van der Waals surface area (Å²) in [6.45, 7) is 4.06. The van der Waals surface area contributed by atoms with Crippen LogP contribution in [0.2, 0.25) is 0 Å². The summed E-state index contributed by atoms with van der Waals surface area (Å²) in [5.74, 6) is -2.92. The Morgan fingerprint density at radius 3 is 1.03 bits per heavy atom. The molecule has 0 saturated carbocycles. The summed E-state index contributed by atoms with van der Waals surface area (Å²) >= 11 is 1.59. The first-order valence-corrected chi connectivity index (χ1v) is 32.0. The van der Waals surface area contributed by atoms with Gasteiger partial charge in [0.1, 0.15) is 17.1 Å². The maximum Gasteiger partial charge on any atom is 0.219 e. The number of nitrogens with zero attached hydrogens (tertiary/aromatic N) is 9. The van der Waals surface area contributed by atoms with E-state index >= 15 is 0 Å². The number of hydrogen-bond acceptors (Lipinski definition) is 13. The molecule has 0 aliphatic heterocycles. The van der Waals surface area contributed by atoms with Gasteiger partial charge in [0, 0.05) is 78.7 Å². The lowest BCUT2D eigenvalue weighted by Crippen LogP contribution is -2.02. The summed E-state index contributed by atoms with van der Waals surface area (Å²) in [4.78, 5) is 29.3. The van der Waals surface area contributed by atoms with Gasteiger partial charge in [-0.1, -0.05) is 182 Å². The molecule has 19 heteroatoms. The Hall–Kier alpha value is -12.1. The Morgan fingerprint density at radius 2 is 0.673 bits per heavy atom. The van der Waals surface area contributed by atoms with Gasteiger partial charge in [-0.2, -0.15) is 0 Å². The first kappa shape index (κ1) is 66.0. The number of aromatic nitrogens is 9. The zero-order valence-electron chi connectivity index (χ0n) is 52.6. The van der Waals surface area contributed by atoms with Gasteiger partial charge < -0.3 is 31.3 Å². The lowest BCUT2D eigenvalue weighted by Gasteiger charge is -2.10. The molecule has 0 atom stereocenters. The Bertz CT molecular complexity index is 5080. The number of nitrogen functional groups attached to an aromatic ring is 1. The number of rotatable bonds is 15. The van der Waals surface area contributed by atoms with Crippen LogP contribution in [0.25, 0.3) is 50.7 Å². The van der Waals surface area contributed by atoms with E-state index in [0.717, 1.165) is 38.3 Å². The molecule has 8 aromatic carbocycles. The van der Waals surface area contributed by atoms with Crippen molar-refractivity contribution in [3.63, 3.8) is 0 Å². The molecule has 7 N–H and O–H groups in total. The third-order valence-corrected chi connectivity index (χ3v) is 17.4. The molecule has 7 heterocycles. The second-order valence-electron chi connectivity index (χ2n) is 23.5. The summed E-state index contributed by atoms with van der Waals surface area (Å²) in [5.41, 5.74) is 19.9. The average molecular weight is 1330 g/mol. The third kappa shape index (κ3) is 14.3. The van der Waals surface area contributed by atoms with Crippen LogP contribution in [0.4, 0.5) is 18.9 Å². The highest BCUT2D eigenvalue weighted by atomic mass is 32.1. The van der Waals surface area contributed by atoms with Gasteiger partial charge in [-0.05, 0) is 89.5 Å². The van der Waals surface area contributed by atoms with Crippen LogP contribution < -0.4 is 5.73 Å². The van der Waals surface area contributed by atoms with Crippen LogP contribution in [0.5, 0.6) is 29.1 Å². The van der Waals surface area contributed by atoms with Crippen molar-refractivity contribution in [2.24, 2.45) is 0 Å². The van der Waals surface area contributed by atoms with Gasteiger partial charge in [-0.3, -0.25) is 13.2 Å².